The molecule has 0 fully saturated rings. The molecule has 3 nitrogen and oxygen atoms in total. The summed E-state index contributed by atoms with van der Waals surface area (Å²) in [6.07, 6.45) is 0. The number of amides is 1. The highest BCUT2D eigenvalue weighted by atomic mass is 19.1. The van der Waals surface area contributed by atoms with Crippen LogP contribution >= 0.6 is 0 Å². The lowest BCUT2D eigenvalue weighted by molar-refractivity contribution is -0.114. The van der Waals surface area contributed by atoms with Crippen molar-refractivity contribution in [3.8, 4) is 0 Å². The first kappa shape index (κ1) is 14.9. The fourth-order valence-corrected chi connectivity index (χ4v) is 1.74. The number of nitrogens with one attached hydrogen (secondary N) is 2. The molecule has 2 aromatic rings. The van der Waals surface area contributed by atoms with Gasteiger partial charge in [0.2, 0.25) is 5.91 Å². The number of anilines is 2. The van der Waals surface area contributed by atoms with Crippen LogP contribution in [-0.2, 0) is 4.79 Å². The van der Waals surface area contributed by atoms with E-state index in [1.165, 1.54) is 18.2 Å². The van der Waals surface area contributed by atoms with Crippen molar-refractivity contribution in [3.05, 3.63) is 59.4 Å². The number of halogens is 3. The standard InChI is InChI=1S/C15H13F3N2O/c1-9-5-6-13(12(18)7-9)19-8-14(21)20-15-10(16)3-2-4-11(15)17/h2-7,19H,8H2,1H3,(H,20,21). The molecule has 0 heterocycles. The zero-order valence-electron chi connectivity index (χ0n) is 11.2. The van der Waals surface area contributed by atoms with E-state index in [2.05, 4.69) is 10.6 Å². The van der Waals surface area contributed by atoms with E-state index in [0.717, 1.165) is 17.7 Å². The Bertz CT molecular complexity index is 654. The number of hydrogen-bond donors (Lipinski definition) is 2. The van der Waals surface area contributed by atoms with Gasteiger partial charge in [-0.15, -0.1) is 0 Å². The molecule has 6 heteroatoms. The second-order valence-corrected chi connectivity index (χ2v) is 4.48. The molecule has 0 aliphatic carbocycles. The van der Waals surface area contributed by atoms with E-state index < -0.39 is 29.0 Å². The third kappa shape index (κ3) is 3.75. The minimum absolute atomic E-state index is 0.143. The van der Waals surface area contributed by atoms with E-state index in [1.54, 1.807) is 13.0 Å². The minimum Gasteiger partial charge on any atom is -0.374 e. The summed E-state index contributed by atoms with van der Waals surface area (Å²) in [5, 5.41) is 4.67. The smallest absolute Gasteiger partial charge is 0.243 e. The fourth-order valence-electron chi connectivity index (χ4n) is 1.74. The van der Waals surface area contributed by atoms with Crippen molar-refractivity contribution in [3.63, 3.8) is 0 Å². The molecular weight excluding hydrogens is 281 g/mol. The van der Waals surface area contributed by atoms with Crippen molar-refractivity contribution in [2.45, 2.75) is 6.92 Å². The highest BCUT2D eigenvalue weighted by Crippen LogP contribution is 2.18. The molecule has 2 rings (SSSR count). The van der Waals surface area contributed by atoms with Gasteiger partial charge in [0.15, 0.2) is 0 Å². The average molecular weight is 294 g/mol. The largest absolute Gasteiger partial charge is 0.374 e. The Morgan fingerprint density at radius 3 is 2.33 bits per heavy atom. The molecule has 0 aromatic heterocycles. The van der Waals surface area contributed by atoms with E-state index in [0.29, 0.717) is 0 Å². The van der Waals surface area contributed by atoms with Gasteiger partial charge in [-0.05, 0) is 36.8 Å². The molecule has 0 saturated carbocycles. The van der Waals surface area contributed by atoms with Gasteiger partial charge in [-0.3, -0.25) is 4.79 Å². The molecule has 0 radical (unpaired) electrons. The van der Waals surface area contributed by atoms with Crippen LogP contribution in [0.2, 0.25) is 0 Å². The lowest BCUT2D eigenvalue weighted by atomic mass is 10.2. The van der Waals surface area contributed by atoms with Crippen LogP contribution in [0.4, 0.5) is 24.5 Å². The summed E-state index contributed by atoms with van der Waals surface area (Å²) in [6, 6.07) is 7.75. The molecule has 0 aliphatic heterocycles. The Morgan fingerprint density at radius 2 is 1.71 bits per heavy atom. The maximum absolute atomic E-state index is 13.5. The van der Waals surface area contributed by atoms with E-state index in [4.69, 9.17) is 0 Å². The molecule has 1 amide bonds. The minimum atomic E-state index is -0.870. The van der Waals surface area contributed by atoms with Crippen LogP contribution < -0.4 is 10.6 Å². The number of aryl methyl sites for hydroxylation is 1. The van der Waals surface area contributed by atoms with E-state index in [9.17, 15) is 18.0 Å². The number of para-hydroxylation sites is 1. The number of hydrogen-bond acceptors (Lipinski definition) is 2. The van der Waals surface area contributed by atoms with Crippen LogP contribution in [0.5, 0.6) is 0 Å². The summed E-state index contributed by atoms with van der Waals surface area (Å²) in [5.41, 5.74) is 0.370. The van der Waals surface area contributed by atoms with Crippen LogP contribution in [0.15, 0.2) is 36.4 Å². The Labute approximate surface area is 119 Å². The van der Waals surface area contributed by atoms with Crippen LogP contribution in [0.1, 0.15) is 5.56 Å². The van der Waals surface area contributed by atoms with Crippen molar-refractivity contribution < 1.29 is 18.0 Å². The Hall–Kier alpha value is -2.50. The molecule has 2 aromatic carbocycles. The zero-order chi connectivity index (χ0) is 15.4. The first-order valence-electron chi connectivity index (χ1n) is 6.21. The molecule has 2 N–H and O–H groups in total. The quantitative estimate of drug-likeness (QED) is 0.906. The fraction of sp³-hybridized carbons (Fsp3) is 0.133. The molecule has 0 atom stereocenters. The summed E-state index contributed by atoms with van der Waals surface area (Å²) in [4.78, 5) is 11.6. The summed E-state index contributed by atoms with van der Waals surface area (Å²) >= 11 is 0. The molecule has 0 aliphatic rings. The van der Waals surface area contributed by atoms with Gasteiger partial charge in [0.05, 0.1) is 12.2 Å². The third-order valence-corrected chi connectivity index (χ3v) is 2.79. The Balaban J connectivity index is 1.99. The summed E-state index contributed by atoms with van der Waals surface area (Å²) in [7, 11) is 0. The lowest BCUT2D eigenvalue weighted by Crippen LogP contribution is -2.23. The number of carbonyl (C=O) groups excluding carboxylic acids is 1. The zero-order valence-corrected chi connectivity index (χ0v) is 11.2. The van der Waals surface area contributed by atoms with E-state index in [-0.39, 0.29) is 12.2 Å². The molecule has 21 heavy (non-hydrogen) atoms. The van der Waals surface area contributed by atoms with Crippen molar-refractivity contribution in [2.24, 2.45) is 0 Å². The lowest BCUT2D eigenvalue weighted by Gasteiger charge is -2.10. The maximum Gasteiger partial charge on any atom is 0.243 e. The monoisotopic (exact) mass is 294 g/mol. The van der Waals surface area contributed by atoms with Crippen LogP contribution in [0, 0.1) is 24.4 Å². The van der Waals surface area contributed by atoms with Crippen LogP contribution in [-0.4, -0.2) is 12.5 Å². The van der Waals surface area contributed by atoms with Crippen molar-refractivity contribution in [2.75, 3.05) is 17.2 Å². The van der Waals surface area contributed by atoms with Crippen LogP contribution in [0.3, 0.4) is 0 Å². The average Bonchev–Trinajstić information content (AvgIpc) is 2.42. The molecule has 0 saturated heterocycles. The maximum atomic E-state index is 13.5. The SMILES string of the molecule is Cc1ccc(NCC(=O)Nc2c(F)cccc2F)c(F)c1. The molecular formula is C15H13F3N2O. The third-order valence-electron chi connectivity index (χ3n) is 2.79. The number of benzene rings is 2. The number of carbonyl (C=O) groups is 1. The van der Waals surface area contributed by atoms with Gasteiger partial charge < -0.3 is 10.6 Å². The van der Waals surface area contributed by atoms with Crippen molar-refractivity contribution in [1.29, 1.82) is 0 Å². The van der Waals surface area contributed by atoms with Gasteiger partial charge >= 0.3 is 0 Å². The highest BCUT2D eigenvalue weighted by molar-refractivity contribution is 5.94. The highest BCUT2D eigenvalue weighted by Gasteiger charge is 2.12. The summed E-state index contributed by atoms with van der Waals surface area (Å²) < 4.78 is 40.2. The van der Waals surface area contributed by atoms with Crippen LogP contribution in [0.25, 0.3) is 0 Å². The van der Waals surface area contributed by atoms with Gasteiger partial charge in [0.1, 0.15) is 23.1 Å². The van der Waals surface area contributed by atoms with Crippen molar-refractivity contribution in [1.82, 2.24) is 0 Å². The molecule has 0 spiro atoms. The van der Waals surface area contributed by atoms with Crippen molar-refractivity contribution >= 4 is 17.3 Å². The topological polar surface area (TPSA) is 41.1 Å². The predicted molar refractivity (Wildman–Crippen MR) is 74.6 cm³/mol. The van der Waals surface area contributed by atoms with Gasteiger partial charge in [0, 0.05) is 0 Å². The van der Waals surface area contributed by atoms with E-state index >= 15 is 0 Å². The van der Waals surface area contributed by atoms with Gasteiger partial charge in [-0.2, -0.15) is 0 Å². The normalized spacial score (nSPS) is 10.3. The first-order chi connectivity index (χ1) is 9.97. The second kappa shape index (κ2) is 6.30. The van der Waals surface area contributed by atoms with Gasteiger partial charge in [0.25, 0.3) is 0 Å². The summed E-state index contributed by atoms with van der Waals surface area (Å²) in [5.74, 6) is -2.92. The Kier molecular flexibility index (Phi) is 4.47. The summed E-state index contributed by atoms with van der Waals surface area (Å²) in [6.45, 7) is 1.42. The molecule has 0 bridgehead atoms. The Morgan fingerprint density at radius 1 is 1.05 bits per heavy atom. The second-order valence-electron chi connectivity index (χ2n) is 4.48. The van der Waals surface area contributed by atoms with Gasteiger partial charge in [-0.1, -0.05) is 12.1 Å². The molecule has 110 valence electrons. The molecule has 0 unspecified atom stereocenters. The number of rotatable bonds is 4. The first-order valence-corrected chi connectivity index (χ1v) is 6.21. The van der Waals surface area contributed by atoms with Gasteiger partial charge in [-0.25, -0.2) is 13.2 Å². The van der Waals surface area contributed by atoms with E-state index in [1.807, 2.05) is 0 Å². The predicted octanol–water partition coefficient (Wildman–Crippen LogP) is 3.46.